The molecule has 1 aromatic carbocycles. The number of nitrogens with one attached hydrogen (secondary N) is 1. The number of rotatable bonds is 6. The smallest absolute Gasteiger partial charge is 0.321 e. The van der Waals surface area contributed by atoms with Crippen molar-refractivity contribution in [2.45, 2.75) is 12.8 Å². The predicted octanol–water partition coefficient (Wildman–Crippen LogP) is 1.81. The minimum atomic E-state index is -0.449. The molecule has 1 unspecified atom stereocenters. The third kappa shape index (κ3) is 3.80. The number of likely N-dealkylation sites (tertiary alicyclic amines) is 2. The first kappa shape index (κ1) is 19.3. The number of carbonyl (C=O) groups is 2. The van der Waals surface area contributed by atoms with Crippen molar-refractivity contribution >= 4 is 17.6 Å². The van der Waals surface area contributed by atoms with Crippen LogP contribution in [-0.4, -0.2) is 75.9 Å². The van der Waals surface area contributed by atoms with E-state index in [2.05, 4.69) is 5.32 Å². The van der Waals surface area contributed by atoms with Crippen molar-refractivity contribution in [3.05, 3.63) is 18.2 Å². The number of hydrogen-bond donors (Lipinski definition) is 1. The Labute approximate surface area is 159 Å². The van der Waals surface area contributed by atoms with Crippen LogP contribution in [0, 0.1) is 5.41 Å². The maximum Gasteiger partial charge on any atom is 0.321 e. The Kier molecular flexibility index (Phi) is 5.74. The van der Waals surface area contributed by atoms with Crippen molar-refractivity contribution in [3.8, 4) is 11.5 Å². The maximum atomic E-state index is 12.8. The fraction of sp³-hybridized carbons (Fsp3) is 0.579. The van der Waals surface area contributed by atoms with E-state index in [0.29, 0.717) is 49.8 Å². The van der Waals surface area contributed by atoms with Crippen molar-refractivity contribution in [3.63, 3.8) is 0 Å². The summed E-state index contributed by atoms with van der Waals surface area (Å²) < 4.78 is 15.6. The summed E-state index contributed by atoms with van der Waals surface area (Å²) in [7, 11) is 4.75. The molecule has 0 bridgehead atoms. The number of nitrogens with zero attached hydrogens (tertiary/aromatic N) is 2. The van der Waals surface area contributed by atoms with Crippen LogP contribution in [0.1, 0.15) is 12.8 Å². The van der Waals surface area contributed by atoms with Gasteiger partial charge in [0.15, 0.2) is 0 Å². The van der Waals surface area contributed by atoms with Crippen LogP contribution in [0.25, 0.3) is 0 Å². The lowest BCUT2D eigenvalue weighted by Crippen LogP contribution is -2.40. The normalized spacial score (nSPS) is 21.8. The van der Waals surface area contributed by atoms with Gasteiger partial charge in [0, 0.05) is 39.4 Å². The largest absolute Gasteiger partial charge is 0.497 e. The Morgan fingerprint density at radius 1 is 1.19 bits per heavy atom. The molecule has 2 fully saturated rings. The molecule has 1 aromatic rings. The summed E-state index contributed by atoms with van der Waals surface area (Å²) in [5.41, 5.74) is 0.124. The third-order valence-electron chi connectivity index (χ3n) is 5.46. The molecule has 27 heavy (non-hydrogen) atoms. The number of ether oxygens (including phenoxy) is 3. The van der Waals surface area contributed by atoms with Crippen LogP contribution in [0.15, 0.2) is 18.2 Å². The van der Waals surface area contributed by atoms with Crippen LogP contribution in [0.4, 0.5) is 10.5 Å². The topological polar surface area (TPSA) is 80.3 Å². The number of amides is 3. The Morgan fingerprint density at radius 3 is 2.67 bits per heavy atom. The first-order valence-electron chi connectivity index (χ1n) is 9.09. The molecule has 0 radical (unpaired) electrons. The van der Waals surface area contributed by atoms with Crippen LogP contribution in [-0.2, 0) is 9.53 Å². The van der Waals surface area contributed by atoms with Gasteiger partial charge in [-0.25, -0.2) is 4.79 Å². The second-order valence-corrected chi connectivity index (χ2v) is 6.98. The van der Waals surface area contributed by atoms with Crippen LogP contribution in [0.2, 0.25) is 0 Å². The highest BCUT2D eigenvalue weighted by atomic mass is 16.5. The van der Waals surface area contributed by atoms with Gasteiger partial charge >= 0.3 is 6.03 Å². The molecule has 0 saturated carbocycles. The molecule has 2 heterocycles. The second-order valence-electron chi connectivity index (χ2n) is 6.98. The van der Waals surface area contributed by atoms with Crippen molar-refractivity contribution < 1.29 is 23.8 Å². The summed E-state index contributed by atoms with van der Waals surface area (Å²) in [6.45, 7) is 2.87. The molecule has 3 rings (SSSR count). The van der Waals surface area contributed by atoms with Crippen molar-refractivity contribution in [2.24, 2.45) is 5.41 Å². The van der Waals surface area contributed by atoms with Crippen LogP contribution in [0.5, 0.6) is 11.5 Å². The van der Waals surface area contributed by atoms with E-state index in [1.807, 2.05) is 4.90 Å². The quantitative estimate of drug-likeness (QED) is 0.818. The number of carbonyl (C=O) groups excluding carboxylic acids is 2. The van der Waals surface area contributed by atoms with Crippen LogP contribution < -0.4 is 14.8 Å². The van der Waals surface area contributed by atoms with Gasteiger partial charge in [-0.3, -0.25) is 4.79 Å². The zero-order chi connectivity index (χ0) is 19.4. The fourth-order valence-electron chi connectivity index (χ4n) is 3.83. The molecule has 8 heteroatoms. The highest BCUT2D eigenvalue weighted by molar-refractivity contribution is 5.93. The van der Waals surface area contributed by atoms with Gasteiger partial charge in [0.25, 0.3) is 0 Å². The van der Waals surface area contributed by atoms with Gasteiger partial charge < -0.3 is 29.3 Å². The molecular formula is C19H27N3O5. The van der Waals surface area contributed by atoms with E-state index in [0.717, 1.165) is 13.0 Å². The summed E-state index contributed by atoms with van der Waals surface area (Å²) >= 11 is 0. The van der Waals surface area contributed by atoms with Crippen molar-refractivity contribution in [1.82, 2.24) is 9.80 Å². The van der Waals surface area contributed by atoms with Crippen LogP contribution in [0.3, 0.4) is 0 Å². The molecule has 8 nitrogen and oxygen atoms in total. The van der Waals surface area contributed by atoms with Crippen molar-refractivity contribution in [1.29, 1.82) is 0 Å². The lowest BCUT2D eigenvalue weighted by molar-refractivity contribution is -0.135. The Balaban J connectivity index is 1.64. The van der Waals surface area contributed by atoms with E-state index in [9.17, 15) is 9.59 Å². The lowest BCUT2D eigenvalue weighted by Gasteiger charge is -2.24. The molecule has 0 aliphatic carbocycles. The first-order chi connectivity index (χ1) is 13.0. The van der Waals surface area contributed by atoms with Crippen molar-refractivity contribution in [2.75, 3.05) is 59.4 Å². The fourth-order valence-corrected chi connectivity index (χ4v) is 3.83. The highest BCUT2D eigenvalue weighted by Gasteiger charge is 2.51. The Bertz CT molecular complexity index is 711. The van der Waals surface area contributed by atoms with E-state index in [1.54, 1.807) is 44.4 Å². The average Bonchev–Trinajstić information content (AvgIpc) is 3.26. The molecule has 1 atom stereocenters. The molecule has 0 aromatic heterocycles. The van der Waals surface area contributed by atoms with Gasteiger partial charge in [0.05, 0.1) is 31.9 Å². The molecule has 2 aliphatic rings. The summed E-state index contributed by atoms with van der Waals surface area (Å²) in [6.07, 6.45) is 1.48. The number of anilines is 1. The second kappa shape index (κ2) is 8.04. The van der Waals surface area contributed by atoms with Crippen LogP contribution >= 0.6 is 0 Å². The van der Waals surface area contributed by atoms with E-state index < -0.39 is 5.41 Å². The summed E-state index contributed by atoms with van der Waals surface area (Å²) in [5.74, 6) is 1.31. The number of hydrogen-bond acceptors (Lipinski definition) is 5. The van der Waals surface area contributed by atoms with E-state index in [4.69, 9.17) is 14.2 Å². The standard InChI is InChI=1S/C19H27N3O5/c1-25-11-10-21-8-6-19(17(21)23)7-9-22(13-19)18(24)20-15-5-4-14(26-2)12-16(15)27-3/h4-5,12H,6-11,13H2,1-3H3,(H,20,24). The predicted molar refractivity (Wildman–Crippen MR) is 100 cm³/mol. The minimum absolute atomic E-state index is 0.136. The Morgan fingerprint density at radius 2 is 1.96 bits per heavy atom. The van der Waals surface area contributed by atoms with E-state index in [-0.39, 0.29) is 11.9 Å². The lowest BCUT2D eigenvalue weighted by atomic mass is 9.85. The minimum Gasteiger partial charge on any atom is -0.497 e. The molecule has 2 aliphatic heterocycles. The number of methoxy groups -OCH3 is 3. The first-order valence-corrected chi connectivity index (χ1v) is 9.09. The van der Waals surface area contributed by atoms with Gasteiger partial charge in [-0.2, -0.15) is 0 Å². The van der Waals surface area contributed by atoms with Gasteiger partial charge in [-0.15, -0.1) is 0 Å². The van der Waals surface area contributed by atoms with Gasteiger partial charge in [0.2, 0.25) is 5.91 Å². The summed E-state index contributed by atoms with van der Waals surface area (Å²) in [6, 6.07) is 5.00. The number of urea groups is 1. The Hall–Kier alpha value is -2.48. The molecular weight excluding hydrogens is 350 g/mol. The zero-order valence-corrected chi connectivity index (χ0v) is 16.1. The monoisotopic (exact) mass is 377 g/mol. The summed E-state index contributed by atoms with van der Waals surface area (Å²) in [5, 5.41) is 2.88. The molecule has 1 N–H and O–H groups in total. The highest BCUT2D eigenvalue weighted by Crippen LogP contribution is 2.41. The van der Waals surface area contributed by atoms with E-state index in [1.165, 1.54) is 0 Å². The number of benzene rings is 1. The van der Waals surface area contributed by atoms with Gasteiger partial charge in [-0.05, 0) is 25.0 Å². The molecule has 148 valence electrons. The maximum absolute atomic E-state index is 12.8. The van der Waals surface area contributed by atoms with Gasteiger partial charge in [-0.1, -0.05) is 0 Å². The average molecular weight is 377 g/mol. The molecule has 3 amide bonds. The third-order valence-corrected chi connectivity index (χ3v) is 5.46. The van der Waals surface area contributed by atoms with Gasteiger partial charge in [0.1, 0.15) is 11.5 Å². The zero-order valence-electron chi connectivity index (χ0n) is 16.1. The SMILES string of the molecule is COCCN1CCC2(CCN(C(=O)Nc3ccc(OC)cc3OC)C2)C1=O. The molecule has 2 saturated heterocycles. The summed E-state index contributed by atoms with van der Waals surface area (Å²) in [4.78, 5) is 29.1. The van der Waals surface area contributed by atoms with E-state index >= 15 is 0 Å². The molecule has 1 spiro atoms.